The summed E-state index contributed by atoms with van der Waals surface area (Å²) in [5.41, 5.74) is 7.80. The molecule has 1 heterocycles. The van der Waals surface area contributed by atoms with E-state index in [2.05, 4.69) is 22.1 Å². The number of aryl methyl sites for hydroxylation is 1. The average molecular weight is 282 g/mol. The molecule has 1 aromatic heterocycles. The lowest BCUT2D eigenvalue weighted by Gasteiger charge is -2.14. The van der Waals surface area contributed by atoms with Crippen molar-refractivity contribution in [3.05, 3.63) is 53.6 Å². The molecule has 0 fully saturated rings. The Bertz CT molecular complexity index is 676. The van der Waals surface area contributed by atoms with Gasteiger partial charge in [0, 0.05) is 12.6 Å². The molecule has 5 heteroatoms. The van der Waals surface area contributed by atoms with E-state index in [0.29, 0.717) is 12.2 Å². The van der Waals surface area contributed by atoms with Gasteiger partial charge >= 0.3 is 0 Å². The highest BCUT2D eigenvalue weighted by molar-refractivity contribution is 5.92. The first-order valence-corrected chi connectivity index (χ1v) is 6.68. The van der Waals surface area contributed by atoms with E-state index in [-0.39, 0.29) is 11.9 Å². The van der Waals surface area contributed by atoms with E-state index in [0.717, 1.165) is 11.1 Å². The van der Waals surface area contributed by atoms with Gasteiger partial charge in [-0.05, 0) is 24.6 Å². The lowest BCUT2D eigenvalue weighted by atomic mass is 10.1. The average Bonchev–Trinajstić information content (AvgIpc) is 2.91. The Morgan fingerprint density at radius 1 is 1.43 bits per heavy atom. The van der Waals surface area contributed by atoms with Gasteiger partial charge in [-0.3, -0.25) is 4.79 Å². The predicted molar refractivity (Wildman–Crippen MR) is 81.5 cm³/mol. The fourth-order valence-electron chi connectivity index (χ4n) is 1.94. The standard InChI is InChI=1S/C16H18N4O/c1-12(19-16(21)15-10-18-11-20(15)2)14-7-5-13(6-8-14)4-3-9-17/h5-8,10-12H,9,17H2,1-2H3,(H,19,21). The molecule has 0 spiro atoms. The van der Waals surface area contributed by atoms with Crippen LogP contribution in [-0.4, -0.2) is 22.0 Å². The zero-order chi connectivity index (χ0) is 15.2. The fourth-order valence-corrected chi connectivity index (χ4v) is 1.94. The van der Waals surface area contributed by atoms with Crippen LogP contribution < -0.4 is 11.1 Å². The fraction of sp³-hybridized carbons (Fsp3) is 0.250. The molecule has 1 unspecified atom stereocenters. The second-order valence-corrected chi connectivity index (χ2v) is 4.71. The summed E-state index contributed by atoms with van der Waals surface area (Å²) in [6.07, 6.45) is 3.15. The normalized spacial score (nSPS) is 11.4. The number of aromatic nitrogens is 2. The summed E-state index contributed by atoms with van der Waals surface area (Å²) in [7, 11) is 1.79. The largest absolute Gasteiger partial charge is 0.344 e. The summed E-state index contributed by atoms with van der Waals surface area (Å²) in [5.74, 6) is 5.63. The molecule has 1 atom stereocenters. The van der Waals surface area contributed by atoms with Crippen LogP contribution in [-0.2, 0) is 7.05 Å². The number of nitrogens with one attached hydrogen (secondary N) is 1. The number of carbonyl (C=O) groups excluding carboxylic acids is 1. The Hall–Kier alpha value is -2.58. The van der Waals surface area contributed by atoms with Gasteiger partial charge in [0.15, 0.2) is 0 Å². The number of hydrogen-bond acceptors (Lipinski definition) is 3. The lowest BCUT2D eigenvalue weighted by Crippen LogP contribution is -2.28. The number of carbonyl (C=O) groups is 1. The van der Waals surface area contributed by atoms with Gasteiger partial charge in [-0.15, -0.1) is 0 Å². The molecule has 0 aliphatic rings. The molecule has 5 nitrogen and oxygen atoms in total. The topological polar surface area (TPSA) is 72.9 Å². The number of rotatable bonds is 3. The van der Waals surface area contributed by atoms with Crippen LogP contribution in [0.25, 0.3) is 0 Å². The van der Waals surface area contributed by atoms with Crippen LogP contribution in [0, 0.1) is 11.8 Å². The molecular formula is C16H18N4O. The van der Waals surface area contributed by atoms with Crippen molar-refractivity contribution in [3.8, 4) is 11.8 Å². The summed E-state index contributed by atoms with van der Waals surface area (Å²) < 4.78 is 1.69. The number of benzene rings is 1. The van der Waals surface area contributed by atoms with Gasteiger partial charge in [0.05, 0.1) is 25.1 Å². The molecule has 108 valence electrons. The highest BCUT2D eigenvalue weighted by atomic mass is 16.2. The Morgan fingerprint density at radius 3 is 2.71 bits per heavy atom. The Labute approximate surface area is 124 Å². The number of nitrogens with zero attached hydrogens (tertiary/aromatic N) is 2. The van der Waals surface area contributed by atoms with Gasteiger partial charge in [-0.1, -0.05) is 24.0 Å². The van der Waals surface area contributed by atoms with E-state index in [4.69, 9.17) is 5.73 Å². The van der Waals surface area contributed by atoms with Crippen molar-refractivity contribution in [1.82, 2.24) is 14.9 Å². The minimum absolute atomic E-state index is 0.0936. The molecule has 0 aliphatic heterocycles. The van der Waals surface area contributed by atoms with E-state index in [1.54, 1.807) is 24.1 Å². The molecule has 3 N–H and O–H groups in total. The number of hydrogen-bond donors (Lipinski definition) is 2. The van der Waals surface area contributed by atoms with Crippen molar-refractivity contribution in [2.45, 2.75) is 13.0 Å². The van der Waals surface area contributed by atoms with E-state index in [1.807, 2.05) is 31.2 Å². The highest BCUT2D eigenvalue weighted by Gasteiger charge is 2.13. The van der Waals surface area contributed by atoms with Gasteiger partial charge in [0.25, 0.3) is 5.91 Å². The third-order valence-electron chi connectivity index (χ3n) is 3.14. The van der Waals surface area contributed by atoms with E-state index < -0.39 is 0 Å². The van der Waals surface area contributed by atoms with Gasteiger partial charge < -0.3 is 15.6 Å². The van der Waals surface area contributed by atoms with Gasteiger partial charge in [-0.25, -0.2) is 4.98 Å². The quantitative estimate of drug-likeness (QED) is 0.831. The van der Waals surface area contributed by atoms with E-state index in [9.17, 15) is 4.79 Å². The van der Waals surface area contributed by atoms with E-state index >= 15 is 0 Å². The summed E-state index contributed by atoms with van der Waals surface area (Å²) >= 11 is 0. The summed E-state index contributed by atoms with van der Waals surface area (Å²) in [6, 6.07) is 7.66. The SMILES string of the molecule is CC(NC(=O)c1cncn1C)c1ccc(C#CCN)cc1. The summed E-state index contributed by atoms with van der Waals surface area (Å²) in [4.78, 5) is 16.1. The first kappa shape index (κ1) is 14.8. The molecule has 0 aliphatic carbocycles. The highest BCUT2D eigenvalue weighted by Crippen LogP contribution is 2.14. The van der Waals surface area contributed by atoms with Crippen LogP contribution in [0.2, 0.25) is 0 Å². The zero-order valence-electron chi connectivity index (χ0n) is 12.1. The van der Waals surface area contributed by atoms with Crippen molar-refractivity contribution in [2.24, 2.45) is 12.8 Å². The van der Waals surface area contributed by atoms with Crippen LogP contribution in [0.1, 0.15) is 34.6 Å². The molecule has 0 saturated carbocycles. The van der Waals surface area contributed by atoms with Crippen molar-refractivity contribution in [2.75, 3.05) is 6.54 Å². The minimum atomic E-state index is -0.144. The molecule has 0 bridgehead atoms. The molecule has 21 heavy (non-hydrogen) atoms. The van der Waals surface area contributed by atoms with Crippen LogP contribution in [0.4, 0.5) is 0 Å². The van der Waals surface area contributed by atoms with E-state index in [1.165, 1.54) is 0 Å². The first-order valence-electron chi connectivity index (χ1n) is 6.68. The molecule has 0 saturated heterocycles. The Kier molecular flexibility index (Phi) is 4.75. The predicted octanol–water partition coefficient (Wildman–Crippen LogP) is 1.22. The maximum atomic E-state index is 12.1. The zero-order valence-corrected chi connectivity index (χ0v) is 12.1. The maximum Gasteiger partial charge on any atom is 0.270 e. The van der Waals surface area contributed by atoms with Crippen LogP contribution in [0.5, 0.6) is 0 Å². The van der Waals surface area contributed by atoms with Crippen LogP contribution >= 0.6 is 0 Å². The van der Waals surface area contributed by atoms with Crippen molar-refractivity contribution in [3.63, 3.8) is 0 Å². The first-order chi connectivity index (χ1) is 10.1. The minimum Gasteiger partial charge on any atom is -0.344 e. The van der Waals surface area contributed by atoms with Gasteiger partial charge in [0.1, 0.15) is 5.69 Å². The Balaban J connectivity index is 2.05. The molecule has 1 aromatic carbocycles. The van der Waals surface area contributed by atoms with Crippen molar-refractivity contribution < 1.29 is 4.79 Å². The molecule has 1 amide bonds. The van der Waals surface area contributed by atoms with Crippen molar-refractivity contribution >= 4 is 5.91 Å². The smallest absolute Gasteiger partial charge is 0.270 e. The van der Waals surface area contributed by atoms with Gasteiger partial charge in [-0.2, -0.15) is 0 Å². The Morgan fingerprint density at radius 2 is 2.14 bits per heavy atom. The molecule has 2 aromatic rings. The molecule has 2 rings (SSSR count). The lowest BCUT2D eigenvalue weighted by molar-refractivity contribution is 0.0931. The second kappa shape index (κ2) is 6.73. The number of amides is 1. The third kappa shape index (κ3) is 3.71. The van der Waals surface area contributed by atoms with Crippen LogP contribution in [0.3, 0.4) is 0 Å². The third-order valence-corrected chi connectivity index (χ3v) is 3.14. The number of nitrogens with two attached hydrogens (primary N) is 1. The van der Waals surface area contributed by atoms with Gasteiger partial charge in [0.2, 0.25) is 0 Å². The number of imidazole rings is 1. The molecule has 0 radical (unpaired) electrons. The maximum absolute atomic E-state index is 12.1. The van der Waals surface area contributed by atoms with Crippen LogP contribution in [0.15, 0.2) is 36.8 Å². The second-order valence-electron chi connectivity index (χ2n) is 4.71. The monoisotopic (exact) mass is 282 g/mol. The summed E-state index contributed by atoms with van der Waals surface area (Å²) in [5, 5.41) is 2.95. The summed E-state index contributed by atoms with van der Waals surface area (Å²) in [6.45, 7) is 2.29. The van der Waals surface area contributed by atoms with Crippen molar-refractivity contribution in [1.29, 1.82) is 0 Å². The molecular weight excluding hydrogens is 264 g/mol.